The summed E-state index contributed by atoms with van der Waals surface area (Å²) in [5.74, 6) is -0.245. The predicted octanol–water partition coefficient (Wildman–Crippen LogP) is 1.68. The summed E-state index contributed by atoms with van der Waals surface area (Å²) in [6.07, 6.45) is 1.72. The van der Waals surface area contributed by atoms with Gasteiger partial charge >= 0.3 is 5.97 Å². The lowest BCUT2D eigenvalue weighted by Gasteiger charge is -2.39. The molecule has 1 aliphatic heterocycles. The molecule has 0 unspecified atom stereocenters. The molecule has 1 aromatic heterocycles. The molecule has 4 nitrogen and oxygen atoms in total. The number of carbonyl (C=O) groups excluding carboxylic acids is 1. The van der Waals surface area contributed by atoms with Crippen LogP contribution in [0.15, 0.2) is 36.5 Å². The Hall–Kier alpha value is -1.94. The van der Waals surface area contributed by atoms with Gasteiger partial charge in [0, 0.05) is 11.6 Å². The van der Waals surface area contributed by atoms with Gasteiger partial charge in [0.25, 0.3) is 0 Å². The van der Waals surface area contributed by atoms with Crippen LogP contribution in [-0.4, -0.2) is 31.3 Å². The smallest absolute Gasteiger partial charge is 0.321 e. The van der Waals surface area contributed by atoms with Crippen LogP contribution in [0.2, 0.25) is 0 Å². The molecular weight excluding hydrogens is 230 g/mol. The van der Waals surface area contributed by atoms with Crippen molar-refractivity contribution < 1.29 is 14.3 Å². The highest BCUT2D eigenvalue weighted by Gasteiger charge is 2.49. The highest BCUT2D eigenvalue weighted by molar-refractivity contribution is 5.93. The number of methoxy groups -OCH3 is 1. The first-order valence-corrected chi connectivity index (χ1v) is 5.78. The maximum absolute atomic E-state index is 12.0. The number of esters is 1. The van der Waals surface area contributed by atoms with E-state index in [1.807, 2.05) is 30.3 Å². The third-order valence-corrected chi connectivity index (χ3v) is 3.44. The lowest BCUT2D eigenvalue weighted by molar-refractivity contribution is -0.166. The average molecular weight is 243 g/mol. The fourth-order valence-electron chi connectivity index (χ4n) is 2.40. The van der Waals surface area contributed by atoms with Crippen LogP contribution in [0.4, 0.5) is 0 Å². The van der Waals surface area contributed by atoms with Gasteiger partial charge in [-0.3, -0.25) is 9.78 Å². The standard InChI is InChI=1S/C14H13NO3/c1-17-13(16)14(8-18-9-14)11-6-7-15-12-5-3-2-4-10(11)12/h2-7H,8-9H2,1H3. The fraction of sp³-hybridized carbons (Fsp3) is 0.286. The first-order valence-electron chi connectivity index (χ1n) is 5.78. The van der Waals surface area contributed by atoms with Crippen molar-refractivity contribution in [1.82, 2.24) is 4.98 Å². The van der Waals surface area contributed by atoms with Crippen LogP contribution in [0.25, 0.3) is 10.9 Å². The minimum atomic E-state index is -0.669. The van der Waals surface area contributed by atoms with Crippen LogP contribution in [0.5, 0.6) is 0 Å². The number of aromatic nitrogens is 1. The van der Waals surface area contributed by atoms with Crippen molar-refractivity contribution in [2.24, 2.45) is 0 Å². The second-order valence-electron chi connectivity index (χ2n) is 4.44. The Kier molecular flexibility index (Phi) is 2.52. The van der Waals surface area contributed by atoms with Crippen LogP contribution >= 0.6 is 0 Å². The molecule has 0 aliphatic carbocycles. The van der Waals surface area contributed by atoms with Gasteiger partial charge in [0.15, 0.2) is 0 Å². The van der Waals surface area contributed by atoms with E-state index in [9.17, 15) is 4.79 Å². The maximum atomic E-state index is 12.0. The van der Waals surface area contributed by atoms with Crippen LogP contribution in [0.3, 0.4) is 0 Å². The molecule has 3 rings (SSSR count). The van der Waals surface area contributed by atoms with Crippen LogP contribution in [0, 0.1) is 0 Å². The zero-order valence-electron chi connectivity index (χ0n) is 10.1. The van der Waals surface area contributed by atoms with Gasteiger partial charge in [0.1, 0.15) is 5.41 Å². The van der Waals surface area contributed by atoms with E-state index in [1.54, 1.807) is 6.20 Å². The molecule has 1 fully saturated rings. The molecule has 0 spiro atoms. The molecule has 0 amide bonds. The molecule has 2 aromatic rings. The minimum Gasteiger partial charge on any atom is -0.468 e. The molecule has 0 N–H and O–H groups in total. The molecule has 0 bridgehead atoms. The van der Waals surface area contributed by atoms with Crippen molar-refractivity contribution in [3.05, 3.63) is 42.1 Å². The second-order valence-corrected chi connectivity index (χ2v) is 4.44. The lowest BCUT2D eigenvalue weighted by atomic mass is 9.77. The van der Waals surface area contributed by atoms with E-state index in [-0.39, 0.29) is 5.97 Å². The molecular formula is C14H13NO3. The van der Waals surface area contributed by atoms with Crippen LogP contribution < -0.4 is 0 Å². The molecule has 1 aromatic carbocycles. The van der Waals surface area contributed by atoms with Crippen LogP contribution in [-0.2, 0) is 19.7 Å². The molecule has 1 saturated heterocycles. The number of pyridine rings is 1. The molecule has 0 atom stereocenters. The molecule has 0 radical (unpaired) electrons. The van der Waals surface area contributed by atoms with E-state index in [4.69, 9.17) is 9.47 Å². The third kappa shape index (κ3) is 1.42. The highest BCUT2D eigenvalue weighted by Crippen LogP contribution is 2.37. The second kappa shape index (κ2) is 4.07. The summed E-state index contributed by atoms with van der Waals surface area (Å²) in [6.45, 7) is 0.737. The largest absolute Gasteiger partial charge is 0.468 e. The van der Waals surface area contributed by atoms with E-state index in [2.05, 4.69) is 4.98 Å². The summed E-state index contributed by atoms with van der Waals surface area (Å²) >= 11 is 0. The van der Waals surface area contributed by atoms with Gasteiger partial charge in [0.05, 0.1) is 25.8 Å². The van der Waals surface area contributed by atoms with Gasteiger partial charge in [0.2, 0.25) is 0 Å². The van der Waals surface area contributed by atoms with Gasteiger partial charge in [-0.25, -0.2) is 0 Å². The Bertz CT molecular complexity index is 600. The van der Waals surface area contributed by atoms with Gasteiger partial charge in [-0.2, -0.15) is 0 Å². The van der Waals surface area contributed by atoms with Gasteiger partial charge in [-0.1, -0.05) is 18.2 Å². The predicted molar refractivity (Wildman–Crippen MR) is 66.3 cm³/mol. The zero-order valence-corrected chi connectivity index (χ0v) is 10.1. The lowest BCUT2D eigenvalue weighted by Crippen LogP contribution is -2.53. The van der Waals surface area contributed by atoms with Gasteiger partial charge < -0.3 is 9.47 Å². The quantitative estimate of drug-likeness (QED) is 0.753. The molecule has 18 heavy (non-hydrogen) atoms. The highest BCUT2D eigenvalue weighted by atomic mass is 16.5. The number of para-hydroxylation sites is 1. The number of hydrogen-bond acceptors (Lipinski definition) is 4. The normalized spacial score (nSPS) is 17.2. The van der Waals surface area contributed by atoms with Crippen molar-refractivity contribution in [2.45, 2.75) is 5.41 Å². The number of carbonyl (C=O) groups is 1. The van der Waals surface area contributed by atoms with Gasteiger partial charge in [-0.05, 0) is 17.7 Å². The number of nitrogens with zero attached hydrogens (tertiary/aromatic N) is 1. The summed E-state index contributed by atoms with van der Waals surface area (Å²) in [5, 5.41) is 0.980. The molecule has 92 valence electrons. The Balaban J connectivity index is 2.22. The number of rotatable bonds is 2. The number of ether oxygens (including phenoxy) is 2. The summed E-state index contributed by atoms with van der Waals surface area (Å²) in [6, 6.07) is 9.66. The third-order valence-electron chi connectivity index (χ3n) is 3.44. The van der Waals surface area contributed by atoms with Crippen molar-refractivity contribution in [1.29, 1.82) is 0 Å². The first kappa shape index (κ1) is 11.2. The monoisotopic (exact) mass is 243 g/mol. The van der Waals surface area contributed by atoms with Crippen LogP contribution in [0.1, 0.15) is 5.56 Å². The Labute approximate surface area is 105 Å². The Morgan fingerprint density at radius 1 is 1.33 bits per heavy atom. The Morgan fingerprint density at radius 3 is 2.78 bits per heavy atom. The fourth-order valence-corrected chi connectivity index (χ4v) is 2.40. The van der Waals surface area contributed by atoms with Crippen molar-refractivity contribution >= 4 is 16.9 Å². The number of hydrogen-bond donors (Lipinski definition) is 0. The van der Waals surface area contributed by atoms with E-state index < -0.39 is 5.41 Å². The van der Waals surface area contributed by atoms with E-state index in [1.165, 1.54) is 7.11 Å². The summed E-state index contributed by atoms with van der Waals surface area (Å²) in [7, 11) is 1.41. The van der Waals surface area contributed by atoms with Crippen molar-refractivity contribution in [2.75, 3.05) is 20.3 Å². The molecule has 1 aliphatic rings. The van der Waals surface area contributed by atoms with E-state index in [0.717, 1.165) is 16.5 Å². The maximum Gasteiger partial charge on any atom is 0.321 e. The number of fused-ring (bicyclic) bond motifs is 1. The number of benzene rings is 1. The SMILES string of the molecule is COC(=O)C1(c2ccnc3ccccc23)COC1. The van der Waals surface area contributed by atoms with E-state index in [0.29, 0.717) is 13.2 Å². The van der Waals surface area contributed by atoms with Crippen molar-refractivity contribution in [3.63, 3.8) is 0 Å². The summed E-state index contributed by atoms with van der Waals surface area (Å²) < 4.78 is 10.2. The molecule has 2 heterocycles. The average Bonchev–Trinajstić information content (AvgIpc) is 2.37. The first-order chi connectivity index (χ1) is 8.78. The molecule has 4 heteroatoms. The summed E-state index contributed by atoms with van der Waals surface area (Å²) in [4.78, 5) is 16.3. The molecule has 0 saturated carbocycles. The Morgan fingerprint density at radius 2 is 2.11 bits per heavy atom. The zero-order chi connectivity index (χ0) is 12.6. The minimum absolute atomic E-state index is 0.245. The topological polar surface area (TPSA) is 48.4 Å². The summed E-state index contributed by atoms with van der Waals surface area (Å²) in [5.41, 5.74) is 1.15. The van der Waals surface area contributed by atoms with Gasteiger partial charge in [-0.15, -0.1) is 0 Å². The van der Waals surface area contributed by atoms with E-state index >= 15 is 0 Å². The van der Waals surface area contributed by atoms with Crippen molar-refractivity contribution in [3.8, 4) is 0 Å².